The van der Waals surface area contributed by atoms with Crippen LogP contribution in [-0.4, -0.2) is 64.2 Å². The summed E-state index contributed by atoms with van der Waals surface area (Å²) in [7, 11) is -1.59. The summed E-state index contributed by atoms with van der Waals surface area (Å²) in [5, 5.41) is 6.94. The molecule has 3 heterocycles. The molecule has 1 aromatic carbocycles. The van der Waals surface area contributed by atoms with Gasteiger partial charge in [0.25, 0.3) is 0 Å². The summed E-state index contributed by atoms with van der Waals surface area (Å²) in [6.45, 7) is 0.0344. The van der Waals surface area contributed by atoms with Crippen molar-refractivity contribution in [2.45, 2.75) is 31.8 Å². The molecule has 39 heavy (non-hydrogen) atoms. The molecule has 0 saturated carbocycles. The van der Waals surface area contributed by atoms with Crippen LogP contribution in [0.2, 0.25) is 0 Å². The Morgan fingerprint density at radius 3 is 2.33 bits per heavy atom. The number of aryl methyl sites for hydroxylation is 1. The summed E-state index contributed by atoms with van der Waals surface area (Å²) in [6.07, 6.45) is 5.04. The number of rotatable bonds is 11. The van der Waals surface area contributed by atoms with Gasteiger partial charge >= 0.3 is 6.61 Å². The number of alkyl halides is 2. The Hall–Kier alpha value is -4.24. The minimum atomic E-state index is -4.26. The zero-order chi connectivity index (χ0) is 28.2. The van der Waals surface area contributed by atoms with Crippen LogP contribution in [0.4, 0.5) is 14.7 Å². The highest BCUT2D eigenvalue weighted by Gasteiger charge is 2.35. The van der Waals surface area contributed by atoms with Gasteiger partial charge in [0.15, 0.2) is 17.4 Å². The van der Waals surface area contributed by atoms with Crippen LogP contribution in [0.1, 0.15) is 24.4 Å². The average Bonchev–Trinajstić information content (AvgIpc) is 3.32. The Balaban J connectivity index is 1.85. The number of aromatic nitrogens is 6. The molecule has 0 bridgehead atoms. The molecule has 0 aliphatic carbocycles. The van der Waals surface area contributed by atoms with E-state index in [9.17, 15) is 17.2 Å². The molecule has 4 rings (SSSR count). The molecule has 0 aliphatic heterocycles. The van der Waals surface area contributed by atoms with Crippen molar-refractivity contribution in [1.29, 1.82) is 0 Å². The van der Waals surface area contributed by atoms with Crippen molar-refractivity contribution < 1.29 is 31.4 Å². The number of halogens is 2. The summed E-state index contributed by atoms with van der Waals surface area (Å²) < 4.78 is 73.0. The molecule has 2 atom stereocenters. The van der Waals surface area contributed by atoms with Crippen LogP contribution < -0.4 is 14.2 Å². The van der Waals surface area contributed by atoms with Crippen LogP contribution in [0.25, 0.3) is 17.1 Å². The SMILES string of the molecule is COc1cccc(OC(F)F)c1-n1c(NS(=O)(=O)C(C)C(OC)c2ncc(C)cn2)nnc1-c1cccnc1. The molecule has 0 aliphatic rings. The van der Waals surface area contributed by atoms with Crippen LogP contribution in [0, 0.1) is 6.92 Å². The highest BCUT2D eigenvalue weighted by Crippen LogP contribution is 2.38. The van der Waals surface area contributed by atoms with Crippen molar-refractivity contribution in [3.05, 3.63) is 66.5 Å². The van der Waals surface area contributed by atoms with Gasteiger partial charge in [0.1, 0.15) is 22.8 Å². The molecule has 206 valence electrons. The number of anilines is 1. The molecular weight excluding hydrogens is 536 g/mol. The minimum Gasteiger partial charge on any atom is -0.494 e. The van der Waals surface area contributed by atoms with E-state index in [-0.39, 0.29) is 34.8 Å². The molecule has 0 radical (unpaired) electrons. The summed E-state index contributed by atoms with van der Waals surface area (Å²) in [5.41, 5.74) is 1.15. The number of para-hydroxylation sites is 1. The number of nitrogens with zero attached hydrogens (tertiary/aromatic N) is 6. The first-order chi connectivity index (χ1) is 18.7. The first kappa shape index (κ1) is 27.8. The molecule has 0 spiro atoms. The zero-order valence-electron chi connectivity index (χ0n) is 21.3. The number of benzene rings is 1. The molecule has 1 N–H and O–H groups in total. The maximum Gasteiger partial charge on any atom is 0.387 e. The van der Waals surface area contributed by atoms with Crippen LogP contribution in [0.5, 0.6) is 11.5 Å². The third-order valence-corrected chi connectivity index (χ3v) is 7.36. The van der Waals surface area contributed by atoms with Crippen LogP contribution in [0.3, 0.4) is 0 Å². The fraction of sp³-hybridized carbons (Fsp3) is 0.292. The normalized spacial score (nSPS) is 13.2. The summed E-state index contributed by atoms with van der Waals surface area (Å²) in [4.78, 5) is 12.4. The Labute approximate surface area is 223 Å². The van der Waals surface area contributed by atoms with Gasteiger partial charge in [0, 0.05) is 37.5 Å². The van der Waals surface area contributed by atoms with E-state index in [1.54, 1.807) is 31.5 Å². The first-order valence-electron chi connectivity index (χ1n) is 11.5. The lowest BCUT2D eigenvalue weighted by Gasteiger charge is -2.23. The lowest BCUT2D eigenvalue weighted by molar-refractivity contribution is -0.0499. The van der Waals surface area contributed by atoms with Crippen LogP contribution in [-0.2, 0) is 14.8 Å². The number of sulfonamides is 1. The van der Waals surface area contributed by atoms with Crippen molar-refractivity contribution in [3.63, 3.8) is 0 Å². The second kappa shape index (κ2) is 11.7. The van der Waals surface area contributed by atoms with Crippen molar-refractivity contribution in [2.75, 3.05) is 18.9 Å². The fourth-order valence-corrected chi connectivity index (χ4v) is 4.89. The number of nitrogens with one attached hydrogen (secondary N) is 1. The quantitative estimate of drug-likeness (QED) is 0.289. The standard InChI is InChI=1S/C24H25F2N7O5S/c1-14-11-28-21(29-12-14)20(37-4)15(2)39(34,35)32-24-31-30-22(16-7-6-10-27-13-16)33(24)19-17(36-3)8-5-9-18(19)38-23(25)26/h5-13,15,20,23H,1-4H3,(H,31,32). The molecule has 0 amide bonds. The van der Waals surface area contributed by atoms with E-state index in [2.05, 4.69) is 29.9 Å². The summed E-state index contributed by atoms with van der Waals surface area (Å²) in [6, 6.07) is 7.51. The van der Waals surface area contributed by atoms with E-state index in [1.165, 1.54) is 56.3 Å². The van der Waals surface area contributed by atoms with Gasteiger partial charge in [0.2, 0.25) is 16.0 Å². The molecule has 3 aromatic heterocycles. The number of methoxy groups -OCH3 is 2. The van der Waals surface area contributed by atoms with E-state index in [0.29, 0.717) is 5.56 Å². The summed E-state index contributed by atoms with van der Waals surface area (Å²) in [5.74, 6) is -0.276. The number of hydrogen-bond acceptors (Lipinski definition) is 10. The maximum atomic E-state index is 13.6. The smallest absolute Gasteiger partial charge is 0.387 e. The van der Waals surface area contributed by atoms with Gasteiger partial charge in [-0.25, -0.2) is 18.4 Å². The van der Waals surface area contributed by atoms with E-state index < -0.39 is 28.0 Å². The molecule has 0 fully saturated rings. The van der Waals surface area contributed by atoms with Gasteiger partial charge in [-0.05, 0) is 43.7 Å². The number of pyridine rings is 1. The highest BCUT2D eigenvalue weighted by molar-refractivity contribution is 7.93. The average molecular weight is 562 g/mol. The molecule has 12 nitrogen and oxygen atoms in total. The first-order valence-corrected chi connectivity index (χ1v) is 13.0. The Kier molecular flexibility index (Phi) is 8.30. The van der Waals surface area contributed by atoms with E-state index in [0.717, 1.165) is 5.56 Å². The number of ether oxygens (including phenoxy) is 3. The molecule has 15 heteroatoms. The fourth-order valence-electron chi connectivity index (χ4n) is 3.76. The number of hydrogen-bond donors (Lipinski definition) is 1. The summed E-state index contributed by atoms with van der Waals surface area (Å²) >= 11 is 0. The molecular formula is C24H25F2N7O5S. The van der Waals surface area contributed by atoms with Gasteiger partial charge in [-0.3, -0.25) is 14.3 Å². The molecule has 2 unspecified atom stereocenters. The monoisotopic (exact) mass is 561 g/mol. The van der Waals surface area contributed by atoms with Gasteiger partial charge < -0.3 is 14.2 Å². The predicted octanol–water partition coefficient (Wildman–Crippen LogP) is 3.56. The second-order valence-corrected chi connectivity index (χ2v) is 10.3. The topological polar surface area (TPSA) is 143 Å². The maximum absolute atomic E-state index is 13.6. The van der Waals surface area contributed by atoms with Crippen molar-refractivity contribution in [3.8, 4) is 28.6 Å². The Morgan fingerprint density at radius 2 is 1.72 bits per heavy atom. The van der Waals surface area contributed by atoms with Crippen molar-refractivity contribution >= 4 is 16.0 Å². The lowest BCUT2D eigenvalue weighted by atomic mass is 10.2. The molecule has 0 saturated heterocycles. The van der Waals surface area contributed by atoms with E-state index in [4.69, 9.17) is 14.2 Å². The van der Waals surface area contributed by atoms with E-state index >= 15 is 0 Å². The minimum absolute atomic E-state index is 0.0559. The second-order valence-electron chi connectivity index (χ2n) is 8.24. The van der Waals surface area contributed by atoms with Gasteiger partial charge in [-0.15, -0.1) is 10.2 Å². The third kappa shape index (κ3) is 5.93. The Morgan fingerprint density at radius 1 is 1.00 bits per heavy atom. The van der Waals surface area contributed by atoms with E-state index in [1.807, 2.05) is 0 Å². The lowest BCUT2D eigenvalue weighted by Crippen LogP contribution is -2.33. The van der Waals surface area contributed by atoms with Gasteiger partial charge in [-0.2, -0.15) is 8.78 Å². The zero-order valence-corrected chi connectivity index (χ0v) is 22.1. The van der Waals surface area contributed by atoms with Crippen LogP contribution in [0.15, 0.2) is 55.1 Å². The van der Waals surface area contributed by atoms with Crippen LogP contribution >= 0.6 is 0 Å². The largest absolute Gasteiger partial charge is 0.494 e. The van der Waals surface area contributed by atoms with Gasteiger partial charge in [0.05, 0.1) is 7.11 Å². The predicted molar refractivity (Wildman–Crippen MR) is 136 cm³/mol. The molecule has 4 aromatic rings. The van der Waals surface area contributed by atoms with Crippen molar-refractivity contribution in [1.82, 2.24) is 29.7 Å². The Bertz CT molecular complexity index is 1520. The third-order valence-electron chi connectivity index (χ3n) is 5.66. The van der Waals surface area contributed by atoms with Crippen molar-refractivity contribution in [2.24, 2.45) is 0 Å². The van der Waals surface area contributed by atoms with Gasteiger partial charge in [-0.1, -0.05) is 6.07 Å². The highest BCUT2D eigenvalue weighted by atomic mass is 32.2.